The third-order valence-electron chi connectivity index (χ3n) is 4.66. The lowest BCUT2D eigenvalue weighted by Crippen LogP contribution is -2.37. The standard InChI is InChI=1S/C12H18O3/c1-3-11(10(13)14-2)12(15-11)6-4-5-8-7-9(8)12/h8-9H,3-7H2,1-2H3. The second-order valence-corrected chi connectivity index (χ2v) is 5.16. The van der Waals surface area contributed by atoms with Crippen LogP contribution in [0.1, 0.15) is 39.0 Å². The molecule has 4 atom stereocenters. The van der Waals surface area contributed by atoms with E-state index in [1.807, 2.05) is 6.92 Å². The minimum absolute atomic E-state index is 0.127. The predicted molar refractivity (Wildman–Crippen MR) is 54.3 cm³/mol. The fraction of sp³-hybridized carbons (Fsp3) is 0.917. The van der Waals surface area contributed by atoms with E-state index in [0.717, 1.165) is 18.8 Å². The first-order chi connectivity index (χ1) is 7.20. The molecule has 0 aromatic carbocycles. The van der Waals surface area contributed by atoms with Gasteiger partial charge in [-0.25, -0.2) is 4.79 Å². The van der Waals surface area contributed by atoms with Gasteiger partial charge >= 0.3 is 5.97 Å². The Kier molecular flexibility index (Phi) is 1.77. The van der Waals surface area contributed by atoms with Gasteiger partial charge in [-0.2, -0.15) is 0 Å². The monoisotopic (exact) mass is 210 g/mol. The molecule has 3 fully saturated rings. The Labute approximate surface area is 90.1 Å². The number of rotatable bonds is 2. The second-order valence-electron chi connectivity index (χ2n) is 5.16. The Hall–Kier alpha value is -0.570. The molecule has 15 heavy (non-hydrogen) atoms. The van der Waals surface area contributed by atoms with Crippen molar-refractivity contribution < 1.29 is 14.3 Å². The maximum absolute atomic E-state index is 11.8. The number of hydrogen-bond donors (Lipinski definition) is 0. The molecule has 3 heteroatoms. The van der Waals surface area contributed by atoms with E-state index >= 15 is 0 Å². The minimum atomic E-state index is -0.582. The van der Waals surface area contributed by atoms with Gasteiger partial charge in [0.15, 0.2) is 5.60 Å². The molecular formula is C12H18O3. The molecule has 0 N–H and O–H groups in total. The van der Waals surface area contributed by atoms with E-state index in [1.54, 1.807) is 0 Å². The van der Waals surface area contributed by atoms with Crippen LogP contribution in [0.5, 0.6) is 0 Å². The molecule has 4 unspecified atom stereocenters. The van der Waals surface area contributed by atoms with Crippen molar-refractivity contribution in [1.29, 1.82) is 0 Å². The highest BCUT2D eigenvalue weighted by molar-refractivity contribution is 5.85. The molecule has 1 aliphatic heterocycles. The Balaban J connectivity index is 1.87. The van der Waals surface area contributed by atoms with Crippen molar-refractivity contribution in [3.8, 4) is 0 Å². The van der Waals surface area contributed by atoms with Crippen LogP contribution in [0, 0.1) is 11.8 Å². The van der Waals surface area contributed by atoms with E-state index < -0.39 is 5.60 Å². The number of epoxide rings is 1. The Morgan fingerprint density at radius 1 is 1.60 bits per heavy atom. The minimum Gasteiger partial charge on any atom is -0.467 e. The lowest BCUT2D eigenvalue weighted by atomic mass is 9.78. The SMILES string of the molecule is CCC1(C(=O)OC)OC12CCCC1CC12. The molecule has 2 aliphatic carbocycles. The normalized spacial score (nSPS) is 51.1. The number of ether oxygens (including phenoxy) is 2. The highest BCUT2D eigenvalue weighted by Gasteiger charge is 2.81. The van der Waals surface area contributed by atoms with Gasteiger partial charge in [-0.1, -0.05) is 13.3 Å². The zero-order valence-corrected chi connectivity index (χ0v) is 9.41. The Morgan fingerprint density at radius 2 is 2.40 bits per heavy atom. The van der Waals surface area contributed by atoms with Gasteiger partial charge in [0.25, 0.3) is 0 Å². The highest BCUT2D eigenvalue weighted by atomic mass is 16.7. The quantitative estimate of drug-likeness (QED) is 0.516. The van der Waals surface area contributed by atoms with E-state index in [0.29, 0.717) is 5.92 Å². The fourth-order valence-corrected chi connectivity index (χ4v) is 3.76. The first kappa shape index (κ1) is 9.64. The molecule has 0 aromatic rings. The lowest BCUT2D eigenvalue weighted by Gasteiger charge is -2.21. The number of methoxy groups -OCH3 is 1. The first-order valence-corrected chi connectivity index (χ1v) is 5.99. The van der Waals surface area contributed by atoms with Crippen molar-refractivity contribution in [2.75, 3.05) is 7.11 Å². The summed E-state index contributed by atoms with van der Waals surface area (Å²) in [5.41, 5.74) is -0.709. The van der Waals surface area contributed by atoms with Crippen LogP contribution in [0.15, 0.2) is 0 Å². The van der Waals surface area contributed by atoms with Crippen LogP contribution >= 0.6 is 0 Å². The van der Waals surface area contributed by atoms with Gasteiger partial charge in [0.2, 0.25) is 0 Å². The Bertz CT molecular complexity index is 314. The van der Waals surface area contributed by atoms with E-state index in [2.05, 4.69) is 0 Å². The van der Waals surface area contributed by atoms with Gasteiger partial charge < -0.3 is 9.47 Å². The van der Waals surface area contributed by atoms with Gasteiger partial charge in [0, 0.05) is 0 Å². The third kappa shape index (κ3) is 0.975. The lowest BCUT2D eigenvalue weighted by molar-refractivity contribution is -0.147. The molecule has 0 radical (unpaired) electrons. The molecule has 2 saturated carbocycles. The molecule has 3 rings (SSSR count). The summed E-state index contributed by atoms with van der Waals surface area (Å²) in [6, 6.07) is 0. The second kappa shape index (κ2) is 2.76. The van der Waals surface area contributed by atoms with E-state index in [9.17, 15) is 4.79 Å². The van der Waals surface area contributed by atoms with Crippen LogP contribution < -0.4 is 0 Å². The van der Waals surface area contributed by atoms with Crippen LogP contribution in [0.4, 0.5) is 0 Å². The van der Waals surface area contributed by atoms with Crippen molar-refractivity contribution in [2.45, 2.75) is 50.2 Å². The molecule has 84 valence electrons. The summed E-state index contributed by atoms with van der Waals surface area (Å²) in [7, 11) is 1.46. The Morgan fingerprint density at radius 3 is 3.07 bits per heavy atom. The van der Waals surface area contributed by atoms with E-state index in [4.69, 9.17) is 9.47 Å². The number of esters is 1. The molecular weight excluding hydrogens is 192 g/mol. The number of carbonyl (C=O) groups is 1. The van der Waals surface area contributed by atoms with E-state index in [-0.39, 0.29) is 11.6 Å². The molecule has 1 heterocycles. The van der Waals surface area contributed by atoms with Crippen molar-refractivity contribution in [3.05, 3.63) is 0 Å². The average Bonchev–Trinajstić information content (AvgIpc) is 3.13. The van der Waals surface area contributed by atoms with Crippen molar-refractivity contribution in [1.82, 2.24) is 0 Å². The number of carbonyl (C=O) groups excluding carboxylic acids is 1. The van der Waals surface area contributed by atoms with Gasteiger partial charge in [-0.05, 0) is 37.5 Å². The van der Waals surface area contributed by atoms with Crippen LogP contribution in [-0.4, -0.2) is 24.3 Å². The third-order valence-corrected chi connectivity index (χ3v) is 4.66. The van der Waals surface area contributed by atoms with Crippen LogP contribution in [-0.2, 0) is 14.3 Å². The molecule has 3 nitrogen and oxygen atoms in total. The van der Waals surface area contributed by atoms with Crippen LogP contribution in [0.2, 0.25) is 0 Å². The molecule has 3 aliphatic rings. The van der Waals surface area contributed by atoms with Gasteiger partial charge in [0.05, 0.1) is 7.11 Å². The molecule has 1 spiro atoms. The number of fused-ring (bicyclic) bond motifs is 2. The summed E-state index contributed by atoms with van der Waals surface area (Å²) in [6.45, 7) is 2.03. The van der Waals surface area contributed by atoms with E-state index in [1.165, 1.54) is 26.4 Å². The van der Waals surface area contributed by atoms with Gasteiger partial charge in [0.1, 0.15) is 5.60 Å². The van der Waals surface area contributed by atoms with Gasteiger partial charge in [-0.15, -0.1) is 0 Å². The first-order valence-electron chi connectivity index (χ1n) is 5.99. The molecule has 0 aromatic heterocycles. The summed E-state index contributed by atoms with van der Waals surface area (Å²) in [4.78, 5) is 11.8. The van der Waals surface area contributed by atoms with Crippen molar-refractivity contribution in [3.63, 3.8) is 0 Å². The maximum atomic E-state index is 11.8. The topological polar surface area (TPSA) is 38.8 Å². The summed E-state index contributed by atoms with van der Waals surface area (Å²) >= 11 is 0. The van der Waals surface area contributed by atoms with Crippen molar-refractivity contribution >= 4 is 5.97 Å². The fourth-order valence-electron chi connectivity index (χ4n) is 3.76. The van der Waals surface area contributed by atoms with Crippen molar-refractivity contribution in [2.24, 2.45) is 11.8 Å². The highest BCUT2D eigenvalue weighted by Crippen LogP contribution is 2.70. The zero-order valence-electron chi connectivity index (χ0n) is 9.41. The van der Waals surface area contributed by atoms with Crippen LogP contribution in [0.3, 0.4) is 0 Å². The summed E-state index contributed by atoms with van der Waals surface area (Å²) in [5.74, 6) is 1.32. The zero-order chi connectivity index (χ0) is 10.7. The molecule has 1 saturated heterocycles. The summed E-state index contributed by atoms with van der Waals surface area (Å²) in [5, 5.41) is 0. The molecule has 0 amide bonds. The smallest absolute Gasteiger partial charge is 0.341 e. The largest absolute Gasteiger partial charge is 0.467 e. The number of hydrogen-bond acceptors (Lipinski definition) is 3. The maximum Gasteiger partial charge on any atom is 0.341 e. The summed E-state index contributed by atoms with van der Waals surface area (Å²) < 4.78 is 10.8. The van der Waals surface area contributed by atoms with Crippen LogP contribution in [0.25, 0.3) is 0 Å². The average molecular weight is 210 g/mol. The predicted octanol–water partition coefficient (Wildman–Crippen LogP) is 1.90. The summed E-state index contributed by atoms with van der Waals surface area (Å²) in [6.07, 6.45) is 5.61. The van der Waals surface area contributed by atoms with Gasteiger partial charge in [-0.3, -0.25) is 0 Å². The molecule has 0 bridgehead atoms.